The molecule has 0 aliphatic heterocycles. The first-order valence-corrected chi connectivity index (χ1v) is 7.27. The molecule has 1 aromatic rings. The van der Waals surface area contributed by atoms with Crippen LogP contribution in [0.3, 0.4) is 0 Å². The van der Waals surface area contributed by atoms with Crippen LogP contribution >= 0.6 is 0 Å². The summed E-state index contributed by atoms with van der Waals surface area (Å²) >= 11 is 0. The Kier molecular flexibility index (Phi) is 4.32. The zero-order chi connectivity index (χ0) is 14.8. The van der Waals surface area contributed by atoms with E-state index in [4.69, 9.17) is 5.73 Å². The number of hydrogen-bond donors (Lipinski definition) is 2. The van der Waals surface area contributed by atoms with Crippen LogP contribution in [0.5, 0.6) is 0 Å². The molecule has 1 fully saturated rings. The van der Waals surface area contributed by atoms with Crippen molar-refractivity contribution in [3.05, 3.63) is 11.9 Å². The number of aromatic nitrogens is 2. The number of rotatable bonds is 5. The fraction of sp³-hybridized carbons (Fsp3) is 0.714. The topological polar surface area (TPSA) is 76.2 Å². The molecular weight excluding hydrogens is 254 g/mol. The van der Waals surface area contributed by atoms with E-state index in [2.05, 4.69) is 29.4 Å². The van der Waals surface area contributed by atoms with Crippen LogP contribution in [-0.4, -0.2) is 46.8 Å². The van der Waals surface area contributed by atoms with Crippen LogP contribution in [0, 0.1) is 0 Å². The fourth-order valence-corrected chi connectivity index (χ4v) is 2.92. The Labute approximate surface area is 120 Å². The molecule has 1 aliphatic carbocycles. The summed E-state index contributed by atoms with van der Waals surface area (Å²) in [5.74, 6) is -0.178. The van der Waals surface area contributed by atoms with Gasteiger partial charge in [0.25, 0.3) is 5.91 Å². The van der Waals surface area contributed by atoms with Gasteiger partial charge < -0.3 is 16.0 Å². The molecule has 1 amide bonds. The Balaban J connectivity index is 2.02. The van der Waals surface area contributed by atoms with Gasteiger partial charge in [0.05, 0.1) is 5.69 Å². The number of amides is 1. The van der Waals surface area contributed by atoms with Crippen molar-refractivity contribution in [2.24, 2.45) is 0 Å². The Morgan fingerprint density at radius 1 is 1.50 bits per heavy atom. The molecule has 0 unspecified atom stereocenters. The summed E-state index contributed by atoms with van der Waals surface area (Å²) in [6.07, 6.45) is 6.39. The number of aryl methyl sites for hydroxylation is 1. The summed E-state index contributed by atoms with van der Waals surface area (Å²) in [5.41, 5.74) is 6.69. The van der Waals surface area contributed by atoms with Crippen molar-refractivity contribution in [1.82, 2.24) is 20.0 Å². The maximum absolute atomic E-state index is 12.2. The van der Waals surface area contributed by atoms with Crippen LogP contribution < -0.4 is 11.1 Å². The highest BCUT2D eigenvalue weighted by atomic mass is 16.2. The molecule has 1 saturated carbocycles. The van der Waals surface area contributed by atoms with Crippen LogP contribution in [0.25, 0.3) is 0 Å². The number of nitrogens with one attached hydrogen (secondary N) is 1. The van der Waals surface area contributed by atoms with Gasteiger partial charge >= 0.3 is 0 Å². The molecule has 20 heavy (non-hydrogen) atoms. The molecule has 0 bridgehead atoms. The van der Waals surface area contributed by atoms with Gasteiger partial charge in [-0.2, -0.15) is 5.10 Å². The van der Waals surface area contributed by atoms with Gasteiger partial charge in [0.15, 0.2) is 5.69 Å². The number of carbonyl (C=O) groups is 1. The zero-order valence-electron chi connectivity index (χ0n) is 12.6. The minimum absolute atomic E-state index is 0.0811. The quantitative estimate of drug-likeness (QED) is 0.846. The summed E-state index contributed by atoms with van der Waals surface area (Å²) in [6.45, 7) is 3.32. The Morgan fingerprint density at radius 3 is 2.65 bits per heavy atom. The molecule has 0 spiro atoms. The summed E-state index contributed by atoms with van der Waals surface area (Å²) < 4.78 is 1.68. The van der Waals surface area contributed by atoms with Gasteiger partial charge in [-0.3, -0.25) is 9.48 Å². The lowest BCUT2D eigenvalue weighted by Gasteiger charge is -2.36. The molecule has 6 heteroatoms. The van der Waals surface area contributed by atoms with Gasteiger partial charge in [0.1, 0.15) is 0 Å². The molecule has 2 rings (SSSR count). The van der Waals surface area contributed by atoms with Crippen molar-refractivity contribution in [3.63, 3.8) is 0 Å². The number of anilines is 1. The Hall–Kier alpha value is -1.56. The molecule has 1 aliphatic rings. The SMILES string of the molecule is CCn1cc(N)c(C(=O)NCC2(N(C)C)CCCC2)n1. The van der Waals surface area contributed by atoms with Crippen molar-refractivity contribution in [2.75, 3.05) is 26.4 Å². The third-order valence-electron chi connectivity index (χ3n) is 4.39. The summed E-state index contributed by atoms with van der Waals surface area (Å²) in [5, 5.41) is 7.21. The number of hydrogen-bond acceptors (Lipinski definition) is 4. The molecule has 3 N–H and O–H groups in total. The van der Waals surface area contributed by atoms with Crippen LogP contribution in [0.1, 0.15) is 43.1 Å². The van der Waals surface area contributed by atoms with E-state index in [0.717, 1.165) is 12.8 Å². The predicted molar refractivity (Wildman–Crippen MR) is 79.5 cm³/mol. The molecule has 1 heterocycles. The second-order valence-corrected chi connectivity index (χ2v) is 5.80. The van der Waals surface area contributed by atoms with Crippen LogP contribution in [0.15, 0.2) is 6.20 Å². The molecular formula is C14H25N5O. The third-order valence-corrected chi connectivity index (χ3v) is 4.39. The van der Waals surface area contributed by atoms with Gasteiger partial charge in [-0.1, -0.05) is 12.8 Å². The van der Waals surface area contributed by atoms with Gasteiger partial charge in [-0.05, 0) is 33.9 Å². The second-order valence-electron chi connectivity index (χ2n) is 5.80. The van der Waals surface area contributed by atoms with Gasteiger partial charge in [-0.15, -0.1) is 0 Å². The van der Waals surface area contributed by atoms with Gasteiger partial charge in [0, 0.05) is 24.8 Å². The Bertz CT molecular complexity index is 474. The number of nitrogens with two attached hydrogens (primary N) is 1. The van der Waals surface area contributed by atoms with Gasteiger partial charge in [0.2, 0.25) is 0 Å². The number of carbonyl (C=O) groups excluding carboxylic acids is 1. The standard InChI is InChI=1S/C14H25N5O/c1-4-19-9-11(15)12(17-19)13(20)16-10-14(18(2)3)7-5-6-8-14/h9H,4-8,10,15H2,1-3H3,(H,16,20). The lowest BCUT2D eigenvalue weighted by atomic mass is 9.96. The van der Waals surface area contributed by atoms with Crippen LogP contribution in [0.2, 0.25) is 0 Å². The lowest BCUT2D eigenvalue weighted by molar-refractivity contribution is 0.0895. The van der Waals surface area contributed by atoms with Gasteiger partial charge in [-0.25, -0.2) is 0 Å². The molecule has 112 valence electrons. The van der Waals surface area contributed by atoms with Crippen molar-refractivity contribution in [1.29, 1.82) is 0 Å². The van der Waals surface area contributed by atoms with Crippen LogP contribution in [-0.2, 0) is 6.54 Å². The maximum Gasteiger partial charge on any atom is 0.274 e. The maximum atomic E-state index is 12.2. The van der Waals surface area contributed by atoms with Crippen LogP contribution in [0.4, 0.5) is 5.69 Å². The summed E-state index contributed by atoms with van der Waals surface area (Å²) in [6, 6.07) is 0. The first-order valence-electron chi connectivity index (χ1n) is 7.27. The molecule has 6 nitrogen and oxygen atoms in total. The van der Waals surface area contributed by atoms with Crippen molar-refractivity contribution in [3.8, 4) is 0 Å². The van der Waals surface area contributed by atoms with E-state index in [1.165, 1.54) is 12.8 Å². The highest BCUT2D eigenvalue weighted by Crippen LogP contribution is 2.33. The van der Waals surface area contributed by atoms with E-state index < -0.39 is 0 Å². The zero-order valence-corrected chi connectivity index (χ0v) is 12.6. The highest BCUT2D eigenvalue weighted by Gasteiger charge is 2.36. The van der Waals surface area contributed by atoms with E-state index >= 15 is 0 Å². The predicted octanol–water partition coefficient (Wildman–Crippen LogP) is 1.09. The first-order chi connectivity index (χ1) is 9.48. The molecule has 0 radical (unpaired) electrons. The minimum Gasteiger partial charge on any atom is -0.396 e. The minimum atomic E-state index is -0.178. The first kappa shape index (κ1) is 14.8. The van der Waals surface area contributed by atoms with E-state index in [-0.39, 0.29) is 11.4 Å². The molecule has 0 atom stereocenters. The normalized spacial score (nSPS) is 17.6. The number of likely N-dealkylation sites (N-methyl/N-ethyl adjacent to an activating group) is 1. The van der Waals surface area contributed by atoms with Crippen molar-refractivity contribution in [2.45, 2.75) is 44.7 Å². The largest absolute Gasteiger partial charge is 0.396 e. The lowest BCUT2D eigenvalue weighted by Crippen LogP contribution is -2.50. The number of nitrogen functional groups attached to an aromatic ring is 1. The highest BCUT2D eigenvalue weighted by molar-refractivity contribution is 5.97. The second kappa shape index (κ2) is 5.83. The third kappa shape index (κ3) is 2.80. The number of nitrogens with zero attached hydrogens (tertiary/aromatic N) is 3. The van der Waals surface area contributed by atoms with E-state index in [9.17, 15) is 4.79 Å². The van der Waals surface area contributed by atoms with Crippen molar-refractivity contribution < 1.29 is 4.79 Å². The average Bonchev–Trinajstić information content (AvgIpc) is 3.03. The van der Waals surface area contributed by atoms with E-state index in [1.54, 1.807) is 10.9 Å². The molecule has 1 aromatic heterocycles. The summed E-state index contributed by atoms with van der Waals surface area (Å²) in [4.78, 5) is 14.5. The van der Waals surface area contributed by atoms with E-state index in [1.807, 2.05) is 6.92 Å². The average molecular weight is 279 g/mol. The molecule has 0 saturated heterocycles. The monoisotopic (exact) mass is 279 g/mol. The summed E-state index contributed by atoms with van der Waals surface area (Å²) in [7, 11) is 4.16. The fourth-order valence-electron chi connectivity index (χ4n) is 2.92. The Morgan fingerprint density at radius 2 is 2.15 bits per heavy atom. The van der Waals surface area contributed by atoms with Crippen molar-refractivity contribution >= 4 is 11.6 Å². The smallest absolute Gasteiger partial charge is 0.274 e. The molecule has 0 aromatic carbocycles. The van der Waals surface area contributed by atoms with E-state index in [0.29, 0.717) is 24.5 Å².